The minimum Gasteiger partial charge on any atom is -0.391 e. The van der Waals surface area contributed by atoms with Crippen LogP contribution in [0, 0.1) is 0 Å². The lowest BCUT2D eigenvalue weighted by molar-refractivity contribution is 0.0765. The molecule has 1 amide bonds. The lowest BCUT2D eigenvalue weighted by atomic mass is 10.2. The molecule has 0 aliphatic carbocycles. The van der Waals surface area contributed by atoms with Crippen molar-refractivity contribution in [3.8, 4) is 0 Å². The highest BCUT2D eigenvalue weighted by Gasteiger charge is 2.25. The van der Waals surface area contributed by atoms with Crippen LogP contribution in [0.4, 0.5) is 5.13 Å². The molecule has 3 rings (SSSR count). The lowest BCUT2D eigenvalue weighted by Crippen LogP contribution is -2.29. The van der Waals surface area contributed by atoms with Crippen LogP contribution in [-0.2, 0) is 0 Å². The topological polar surface area (TPSA) is 79.5 Å². The van der Waals surface area contributed by atoms with Crippen molar-refractivity contribution < 1.29 is 9.90 Å². The molecule has 1 aromatic heterocycles. The summed E-state index contributed by atoms with van der Waals surface area (Å²) in [6.45, 7) is 1.03. The van der Waals surface area contributed by atoms with E-state index >= 15 is 0 Å². The number of fused-ring (bicyclic) bond motifs is 1. The van der Waals surface area contributed by atoms with Crippen LogP contribution in [0.1, 0.15) is 16.8 Å². The van der Waals surface area contributed by atoms with Gasteiger partial charge in [0.05, 0.1) is 16.3 Å². The summed E-state index contributed by atoms with van der Waals surface area (Å²) in [5, 5.41) is 9.96. The molecule has 6 heteroatoms. The average Bonchev–Trinajstić information content (AvgIpc) is 2.92. The van der Waals surface area contributed by atoms with Gasteiger partial charge in [0.1, 0.15) is 0 Å². The van der Waals surface area contributed by atoms with Gasteiger partial charge in [0.2, 0.25) is 0 Å². The van der Waals surface area contributed by atoms with E-state index in [4.69, 9.17) is 5.73 Å². The number of hydrogen-bond donors (Lipinski definition) is 2. The first-order chi connectivity index (χ1) is 8.63. The van der Waals surface area contributed by atoms with Crippen molar-refractivity contribution in [2.24, 2.45) is 0 Å². The fourth-order valence-corrected chi connectivity index (χ4v) is 2.96. The Bertz CT molecular complexity index is 610. The van der Waals surface area contributed by atoms with E-state index in [-0.39, 0.29) is 5.91 Å². The van der Waals surface area contributed by atoms with Gasteiger partial charge in [-0.05, 0) is 24.6 Å². The van der Waals surface area contributed by atoms with Crippen LogP contribution in [0.3, 0.4) is 0 Å². The molecule has 0 spiro atoms. The Hall–Kier alpha value is -1.66. The monoisotopic (exact) mass is 263 g/mol. The largest absolute Gasteiger partial charge is 0.391 e. The van der Waals surface area contributed by atoms with Gasteiger partial charge in [-0.2, -0.15) is 0 Å². The third-order valence-electron chi connectivity index (χ3n) is 3.10. The Morgan fingerprint density at radius 1 is 1.56 bits per heavy atom. The van der Waals surface area contributed by atoms with Gasteiger partial charge in [0.15, 0.2) is 5.13 Å². The zero-order valence-electron chi connectivity index (χ0n) is 9.67. The Labute approximate surface area is 108 Å². The van der Waals surface area contributed by atoms with Gasteiger partial charge in [-0.1, -0.05) is 11.3 Å². The van der Waals surface area contributed by atoms with Crippen LogP contribution in [0.15, 0.2) is 18.2 Å². The molecule has 0 bridgehead atoms. The Morgan fingerprint density at radius 3 is 3.11 bits per heavy atom. The zero-order valence-corrected chi connectivity index (χ0v) is 10.5. The molecule has 94 valence electrons. The summed E-state index contributed by atoms with van der Waals surface area (Å²) in [7, 11) is 0. The van der Waals surface area contributed by atoms with Crippen molar-refractivity contribution >= 4 is 32.6 Å². The van der Waals surface area contributed by atoms with Crippen molar-refractivity contribution in [1.29, 1.82) is 0 Å². The number of likely N-dealkylation sites (tertiary alicyclic amines) is 1. The molecule has 1 atom stereocenters. The predicted octanol–water partition coefficient (Wildman–Crippen LogP) is 1.09. The summed E-state index contributed by atoms with van der Waals surface area (Å²) in [6.07, 6.45) is 0.262. The van der Waals surface area contributed by atoms with E-state index in [1.807, 2.05) is 12.1 Å². The van der Waals surface area contributed by atoms with Gasteiger partial charge in [-0.3, -0.25) is 4.79 Å². The molecule has 1 aliphatic heterocycles. The highest BCUT2D eigenvalue weighted by atomic mass is 32.1. The molecule has 0 radical (unpaired) electrons. The SMILES string of the molecule is Nc1nc2ccc(C(=O)N3CCC(O)C3)cc2s1. The molecular formula is C12H13N3O2S. The summed E-state index contributed by atoms with van der Waals surface area (Å²) in [5.74, 6) is -0.0413. The number of aromatic nitrogens is 1. The maximum absolute atomic E-state index is 12.2. The highest BCUT2D eigenvalue weighted by Crippen LogP contribution is 2.25. The van der Waals surface area contributed by atoms with Crippen molar-refractivity contribution in [2.45, 2.75) is 12.5 Å². The number of rotatable bonds is 1. The number of carbonyl (C=O) groups is 1. The van der Waals surface area contributed by atoms with Crippen LogP contribution < -0.4 is 5.73 Å². The Morgan fingerprint density at radius 2 is 2.39 bits per heavy atom. The molecule has 18 heavy (non-hydrogen) atoms. The number of thiazole rings is 1. The maximum Gasteiger partial charge on any atom is 0.253 e. The lowest BCUT2D eigenvalue weighted by Gasteiger charge is -2.15. The number of β-amino-alcohol motifs (C(OH)–C–C–N with tert-alkyl or cyclic N) is 1. The standard InChI is InChI=1S/C12H13N3O2S/c13-12-14-9-2-1-7(5-10(9)18-12)11(17)15-4-3-8(16)6-15/h1-2,5,8,16H,3-4,6H2,(H2,13,14). The first-order valence-corrected chi connectivity index (χ1v) is 6.58. The maximum atomic E-state index is 12.2. The first kappa shape index (κ1) is 11.4. The van der Waals surface area contributed by atoms with E-state index in [0.717, 1.165) is 10.2 Å². The number of anilines is 1. The molecule has 0 saturated carbocycles. The molecule has 5 nitrogen and oxygen atoms in total. The smallest absolute Gasteiger partial charge is 0.253 e. The molecule has 2 aromatic rings. The van der Waals surface area contributed by atoms with Crippen LogP contribution in [-0.4, -0.2) is 40.1 Å². The van der Waals surface area contributed by atoms with Gasteiger partial charge in [0.25, 0.3) is 5.91 Å². The number of benzene rings is 1. The van der Waals surface area contributed by atoms with E-state index in [1.165, 1.54) is 11.3 Å². The number of nitrogens with zero attached hydrogens (tertiary/aromatic N) is 2. The number of hydrogen-bond acceptors (Lipinski definition) is 5. The third-order valence-corrected chi connectivity index (χ3v) is 3.95. The quantitative estimate of drug-likeness (QED) is 0.807. The van der Waals surface area contributed by atoms with Crippen LogP contribution in [0.25, 0.3) is 10.2 Å². The number of aliphatic hydroxyl groups is 1. The fraction of sp³-hybridized carbons (Fsp3) is 0.333. The second-order valence-corrected chi connectivity index (χ2v) is 5.49. The molecule has 1 aliphatic rings. The van der Waals surface area contributed by atoms with E-state index in [2.05, 4.69) is 4.98 Å². The number of aliphatic hydroxyl groups excluding tert-OH is 1. The van der Waals surface area contributed by atoms with Crippen molar-refractivity contribution in [3.63, 3.8) is 0 Å². The second-order valence-electron chi connectivity index (χ2n) is 4.43. The summed E-state index contributed by atoms with van der Waals surface area (Å²) < 4.78 is 0.915. The van der Waals surface area contributed by atoms with Gasteiger partial charge in [0, 0.05) is 18.7 Å². The molecule has 3 N–H and O–H groups in total. The molecule has 1 aromatic carbocycles. The van der Waals surface area contributed by atoms with Gasteiger partial charge in [-0.15, -0.1) is 0 Å². The van der Waals surface area contributed by atoms with Gasteiger partial charge in [-0.25, -0.2) is 4.98 Å². The normalized spacial score (nSPS) is 19.6. The third kappa shape index (κ3) is 1.93. The first-order valence-electron chi connectivity index (χ1n) is 5.77. The molecule has 2 heterocycles. The average molecular weight is 263 g/mol. The van der Waals surface area contributed by atoms with E-state index in [9.17, 15) is 9.90 Å². The van der Waals surface area contributed by atoms with Crippen molar-refractivity contribution in [3.05, 3.63) is 23.8 Å². The number of nitrogen functional groups attached to an aromatic ring is 1. The number of nitrogens with two attached hydrogens (primary N) is 1. The van der Waals surface area contributed by atoms with Crippen molar-refractivity contribution in [2.75, 3.05) is 18.8 Å². The minimum atomic E-state index is -0.392. The van der Waals surface area contributed by atoms with Crippen LogP contribution >= 0.6 is 11.3 Å². The zero-order chi connectivity index (χ0) is 12.7. The molecule has 1 fully saturated rings. The second kappa shape index (κ2) is 4.22. The van der Waals surface area contributed by atoms with E-state index in [0.29, 0.717) is 30.2 Å². The molecule has 1 unspecified atom stereocenters. The van der Waals surface area contributed by atoms with E-state index < -0.39 is 6.10 Å². The highest BCUT2D eigenvalue weighted by molar-refractivity contribution is 7.22. The van der Waals surface area contributed by atoms with Crippen LogP contribution in [0.2, 0.25) is 0 Å². The summed E-state index contributed by atoms with van der Waals surface area (Å²) in [6, 6.07) is 5.38. The number of carbonyl (C=O) groups excluding carboxylic acids is 1. The van der Waals surface area contributed by atoms with E-state index in [1.54, 1.807) is 11.0 Å². The predicted molar refractivity (Wildman–Crippen MR) is 70.6 cm³/mol. The number of amides is 1. The minimum absolute atomic E-state index is 0.0413. The molecular weight excluding hydrogens is 250 g/mol. The van der Waals surface area contributed by atoms with Crippen molar-refractivity contribution in [1.82, 2.24) is 9.88 Å². The molecule has 1 saturated heterocycles. The Balaban J connectivity index is 1.91. The summed E-state index contributed by atoms with van der Waals surface area (Å²) in [4.78, 5) is 18.0. The Kier molecular flexibility index (Phi) is 2.68. The van der Waals surface area contributed by atoms with Crippen LogP contribution in [0.5, 0.6) is 0 Å². The fourth-order valence-electron chi connectivity index (χ4n) is 2.18. The van der Waals surface area contributed by atoms with Gasteiger partial charge >= 0.3 is 0 Å². The summed E-state index contributed by atoms with van der Waals surface area (Å²) >= 11 is 1.37. The summed E-state index contributed by atoms with van der Waals surface area (Å²) in [5.41, 5.74) is 7.08. The van der Waals surface area contributed by atoms with Gasteiger partial charge < -0.3 is 15.7 Å².